The molecule has 0 unspecified atom stereocenters. The lowest BCUT2D eigenvalue weighted by molar-refractivity contribution is -0.386. The lowest BCUT2D eigenvalue weighted by Gasteiger charge is -2.05. The van der Waals surface area contributed by atoms with Gasteiger partial charge in [0.1, 0.15) is 0 Å². The summed E-state index contributed by atoms with van der Waals surface area (Å²) in [7, 11) is 0. The van der Waals surface area contributed by atoms with Crippen molar-refractivity contribution >= 4 is 5.69 Å². The zero-order valence-electron chi connectivity index (χ0n) is 11.6. The molecule has 0 atom stereocenters. The second-order valence-corrected chi connectivity index (χ2v) is 4.51. The monoisotopic (exact) mass is 301 g/mol. The van der Waals surface area contributed by atoms with Crippen LogP contribution in [0.5, 0.6) is 5.75 Å². The number of hydrogen-bond acceptors (Lipinski definition) is 7. The van der Waals surface area contributed by atoms with Gasteiger partial charge in [-0.15, -0.1) is 0 Å². The zero-order chi connectivity index (χ0) is 15.5. The smallest absolute Gasteiger partial charge is 0.310 e. The van der Waals surface area contributed by atoms with Crippen LogP contribution < -0.4 is 4.74 Å². The predicted octanol–water partition coefficient (Wildman–Crippen LogP) is 3.13. The summed E-state index contributed by atoms with van der Waals surface area (Å²) in [5, 5.41) is 14.7. The molecule has 0 aliphatic carbocycles. The molecule has 0 bridgehead atoms. The molecule has 0 saturated carbocycles. The number of nitro benzene ring substituents is 1. The molecule has 8 heteroatoms. The highest BCUT2D eigenvalue weighted by molar-refractivity contribution is 5.48. The Hall–Kier alpha value is -3.16. The van der Waals surface area contributed by atoms with E-state index in [0.29, 0.717) is 5.76 Å². The topological polar surface area (TPSA) is 104 Å². The van der Waals surface area contributed by atoms with Crippen LogP contribution >= 0.6 is 0 Å². The van der Waals surface area contributed by atoms with Crippen LogP contribution in [0.3, 0.4) is 0 Å². The molecule has 8 nitrogen and oxygen atoms in total. The van der Waals surface area contributed by atoms with E-state index >= 15 is 0 Å². The Labute approximate surface area is 124 Å². The molecule has 0 saturated heterocycles. The number of aromatic nitrogens is 2. The molecule has 0 spiro atoms. The third-order valence-electron chi connectivity index (χ3n) is 2.87. The number of rotatable bonds is 5. The van der Waals surface area contributed by atoms with Crippen LogP contribution in [0.2, 0.25) is 0 Å². The van der Waals surface area contributed by atoms with Gasteiger partial charge in [0.25, 0.3) is 5.89 Å². The van der Waals surface area contributed by atoms with E-state index in [1.54, 1.807) is 24.3 Å². The van der Waals surface area contributed by atoms with E-state index in [4.69, 9.17) is 13.7 Å². The number of benzene rings is 1. The third kappa shape index (κ3) is 2.80. The minimum absolute atomic E-state index is 0.0471. The summed E-state index contributed by atoms with van der Waals surface area (Å²) in [4.78, 5) is 14.6. The van der Waals surface area contributed by atoms with E-state index in [1.807, 2.05) is 6.92 Å². The standard InChI is InChI=1S/C14H11N3O5/c1-9-4-5-10(17(18)19)12(7-9)21-8-13-15-14(22-16-13)11-3-2-6-20-11/h2-7H,8H2,1H3. The SMILES string of the molecule is Cc1ccc([N+](=O)[O-])c(OCc2noc(-c3ccco3)n2)c1. The van der Waals surface area contributed by atoms with E-state index in [9.17, 15) is 10.1 Å². The number of nitro groups is 1. The summed E-state index contributed by atoms with van der Waals surface area (Å²) < 4.78 is 15.6. The maximum atomic E-state index is 11.0. The molecule has 0 amide bonds. The molecule has 2 aromatic heterocycles. The van der Waals surface area contributed by atoms with Gasteiger partial charge in [0, 0.05) is 6.07 Å². The first-order valence-corrected chi connectivity index (χ1v) is 6.38. The van der Waals surface area contributed by atoms with Gasteiger partial charge in [0.05, 0.1) is 11.2 Å². The van der Waals surface area contributed by atoms with Gasteiger partial charge in [-0.2, -0.15) is 4.98 Å². The molecule has 0 aliphatic rings. The molecule has 0 N–H and O–H groups in total. The average Bonchev–Trinajstić information content (AvgIpc) is 3.16. The lowest BCUT2D eigenvalue weighted by atomic mass is 10.2. The van der Waals surface area contributed by atoms with Gasteiger partial charge in [-0.1, -0.05) is 11.2 Å². The van der Waals surface area contributed by atoms with Crippen molar-refractivity contribution in [1.29, 1.82) is 0 Å². The van der Waals surface area contributed by atoms with Crippen LogP contribution in [-0.4, -0.2) is 15.1 Å². The van der Waals surface area contributed by atoms with Crippen molar-refractivity contribution in [2.75, 3.05) is 0 Å². The largest absolute Gasteiger partial charge is 0.478 e. The molecule has 1 aromatic carbocycles. The highest BCUT2D eigenvalue weighted by atomic mass is 16.6. The maximum Gasteiger partial charge on any atom is 0.310 e. The third-order valence-corrected chi connectivity index (χ3v) is 2.87. The molecule has 0 aliphatic heterocycles. The normalized spacial score (nSPS) is 10.6. The number of aryl methyl sites for hydroxylation is 1. The molecule has 3 rings (SSSR count). The Morgan fingerprint density at radius 1 is 1.36 bits per heavy atom. The highest BCUT2D eigenvalue weighted by Gasteiger charge is 2.17. The quantitative estimate of drug-likeness (QED) is 0.526. The Bertz CT molecular complexity index is 795. The van der Waals surface area contributed by atoms with Gasteiger partial charge in [0.15, 0.2) is 18.1 Å². The summed E-state index contributed by atoms with van der Waals surface area (Å²) in [6.45, 7) is 1.77. The van der Waals surface area contributed by atoms with E-state index in [-0.39, 0.29) is 29.8 Å². The van der Waals surface area contributed by atoms with Crippen molar-refractivity contribution in [3.63, 3.8) is 0 Å². The first-order valence-electron chi connectivity index (χ1n) is 6.38. The fourth-order valence-corrected chi connectivity index (χ4v) is 1.84. The number of furan rings is 1. The molecule has 3 aromatic rings. The average molecular weight is 301 g/mol. The van der Waals surface area contributed by atoms with Gasteiger partial charge in [0.2, 0.25) is 5.82 Å². The molecule has 2 heterocycles. The number of hydrogen-bond donors (Lipinski definition) is 0. The van der Waals surface area contributed by atoms with Gasteiger partial charge in [-0.05, 0) is 30.7 Å². The Balaban J connectivity index is 1.76. The molecule has 112 valence electrons. The van der Waals surface area contributed by atoms with Crippen molar-refractivity contribution in [3.8, 4) is 17.4 Å². The molecular weight excluding hydrogens is 290 g/mol. The van der Waals surface area contributed by atoms with Crippen LogP contribution in [0.15, 0.2) is 45.5 Å². The van der Waals surface area contributed by atoms with Crippen LogP contribution in [0.25, 0.3) is 11.7 Å². The number of nitrogens with zero attached hydrogens (tertiary/aromatic N) is 3. The fraction of sp³-hybridized carbons (Fsp3) is 0.143. The summed E-state index contributed by atoms with van der Waals surface area (Å²) in [6.07, 6.45) is 1.49. The predicted molar refractivity (Wildman–Crippen MR) is 74.2 cm³/mol. The molecule has 0 fully saturated rings. The van der Waals surface area contributed by atoms with Gasteiger partial charge in [-0.25, -0.2) is 0 Å². The van der Waals surface area contributed by atoms with E-state index in [0.717, 1.165) is 5.56 Å². The van der Waals surface area contributed by atoms with E-state index in [2.05, 4.69) is 10.1 Å². The van der Waals surface area contributed by atoms with Crippen molar-refractivity contribution in [2.45, 2.75) is 13.5 Å². The van der Waals surface area contributed by atoms with Gasteiger partial charge >= 0.3 is 5.69 Å². The van der Waals surface area contributed by atoms with Crippen molar-refractivity contribution in [3.05, 3.63) is 58.1 Å². The Kier molecular flexibility index (Phi) is 3.57. The van der Waals surface area contributed by atoms with Crippen molar-refractivity contribution < 1.29 is 18.6 Å². The van der Waals surface area contributed by atoms with Crippen LogP contribution in [-0.2, 0) is 6.61 Å². The number of ether oxygens (including phenoxy) is 1. The summed E-state index contributed by atoms with van der Waals surface area (Å²) in [6, 6.07) is 8.02. The van der Waals surface area contributed by atoms with Crippen LogP contribution in [0.4, 0.5) is 5.69 Å². The summed E-state index contributed by atoms with van der Waals surface area (Å²) in [5.74, 6) is 1.10. The van der Waals surface area contributed by atoms with Crippen molar-refractivity contribution in [1.82, 2.24) is 10.1 Å². The van der Waals surface area contributed by atoms with Gasteiger partial charge < -0.3 is 13.7 Å². The minimum atomic E-state index is -0.501. The van der Waals surface area contributed by atoms with Crippen LogP contribution in [0.1, 0.15) is 11.4 Å². The van der Waals surface area contributed by atoms with Gasteiger partial charge in [-0.3, -0.25) is 10.1 Å². The molecule has 0 radical (unpaired) electrons. The fourth-order valence-electron chi connectivity index (χ4n) is 1.84. The molecule has 22 heavy (non-hydrogen) atoms. The second-order valence-electron chi connectivity index (χ2n) is 4.51. The van der Waals surface area contributed by atoms with Crippen molar-refractivity contribution in [2.24, 2.45) is 0 Å². The lowest BCUT2D eigenvalue weighted by Crippen LogP contribution is -2.01. The first kappa shape index (κ1) is 13.8. The van der Waals surface area contributed by atoms with Crippen LogP contribution in [0, 0.1) is 17.0 Å². The Morgan fingerprint density at radius 2 is 2.23 bits per heavy atom. The zero-order valence-corrected chi connectivity index (χ0v) is 11.6. The second kappa shape index (κ2) is 5.68. The highest BCUT2D eigenvalue weighted by Crippen LogP contribution is 2.28. The maximum absolute atomic E-state index is 11.0. The van der Waals surface area contributed by atoms with E-state index < -0.39 is 4.92 Å². The van der Waals surface area contributed by atoms with E-state index in [1.165, 1.54) is 12.3 Å². The minimum Gasteiger partial charge on any atom is -0.478 e. The Morgan fingerprint density at radius 3 is 2.95 bits per heavy atom. The summed E-state index contributed by atoms with van der Waals surface area (Å²) in [5.41, 5.74) is 0.741. The summed E-state index contributed by atoms with van der Waals surface area (Å²) >= 11 is 0. The first-order chi connectivity index (χ1) is 10.6. The molecular formula is C14H11N3O5.